The molecular weight excluding hydrogens is 167 g/mol. The lowest BCUT2D eigenvalue weighted by Gasteiger charge is -2.37. The van der Waals surface area contributed by atoms with Crippen LogP contribution in [0, 0.1) is 5.82 Å². The van der Waals surface area contributed by atoms with Crippen molar-refractivity contribution in [1.82, 2.24) is 5.32 Å². The molecule has 1 N–H and O–H groups in total. The molecule has 13 heavy (non-hydrogen) atoms. The third-order valence-electron chi connectivity index (χ3n) is 2.52. The topological polar surface area (TPSA) is 15.3 Å². The quantitative estimate of drug-likeness (QED) is 0.736. The molecule has 1 aliphatic heterocycles. The van der Waals surface area contributed by atoms with Crippen LogP contribution in [0.3, 0.4) is 0 Å². The maximum Gasteiger partial charge on any atom is 0.125 e. The first-order valence-corrected chi connectivity index (χ1v) is 4.46. The third kappa shape index (κ3) is 1.65. The van der Waals surface area contributed by atoms with E-state index in [1.165, 1.54) is 6.07 Å². The van der Waals surface area contributed by atoms with E-state index < -0.39 is 0 Å². The number of hydrogen-bond acceptors (Lipinski definition) is 2. The Hall–Kier alpha value is -1.09. The van der Waals surface area contributed by atoms with E-state index in [1.807, 2.05) is 13.1 Å². The van der Waals surface area contributed by atoms with Crippen molar-refractivity contribution in [1.29, 1.82) is 0 Å². The Labute approximate surface area is 77.4 Å². The molecule has 0 aliphatic carbocycles. The van der Waals surface area contributed by atoms with Gasteiger partial charge in [-0.05, 0) is 18.2 Å². The average molecular weight is 180 g/mol. The molecule has 70 valence electrons. The van der Waals surface area contributed by atoms with Crippen LogP contribution in [0.25, 0.3) is 0 Å². The van der Waals surface area contributed by atoms with Gasteiger partial charge in [-0.1, -0.05) is 6.07 Å². The predicted octanol–water partition coefficient (Wildman–Crippen LogP) is 1.23. The lowest BCUT2D eigenvalue weighted by molar-refractivity contribution is 0.428. The van der Waals surface area contributed by atoms with Crippen LogP contribution < -0.4 is 10.2 Å². The number of likely N-dealkylation sites (N-methyl/N-ethyl adjacent to an activating group) is 1. The first kappa shape index (κ1) is 8.51. The maximum absolute atomic E-state index is 12.9. The second-order valence-corrected chi connectivity index (χ2v) is 3.40. The minimum atomic E-state index is -0.170. The number of benzene rings is 1. The van der Waals surface area contributed by atoms with Gasteiger partial charge >= 0.3 is 0 Å². The van der Waals surface area contributed by atoms with E-state index >= 15 is 0 Å². The zero-order valence-corrected chi connectivity index (χ0v) is 7.63. The molecular formula is C10H13FN2. The number of nitrogens with one attached hydrogen (secondary N) is 1. The van der Waals surface area contributed by atoms with Crippen LogP contribution in [0.2, 0.25) is 0 Å². The molecule has 0 bridgehead atoms. The van der Waals surface area contributed by atoms with E-state index in [4.69, 9.17) is 0 Å². The number of halogens is 1. The lowest BCUT2D eigenvalue weighted by atomic mass is 10.1. The summed E-state index contributed by atoms with van der Waals surface area (Å²) >= 11 is 0. The molecule has 2 rings (SSSR count). The summed E-state index contributed by atoms with van der Waals surface area (Å²) in [5.74, 6) is -0.170. The molecule has 0 spiro atoms. The van der Waals surface area contributed by atoms with Crippen LogP contribution in [0.5, 0.6) is 0 Å². The van der Waals surface area contributed by atoms with Crippen LogP contribution in [0.4, 0.5) is 10.1 Å². The Balaban J connectivity index is 2.14. The second kappa shape index (κ2) is 3.34. The highest BCUT2D eigenvalue weighted by Gasteiger charge is 2.21. The highest BCUT2D eigenvalue weighted by atomic mass is 19.1. The highest BCUT2D eigenvalue weighted by Crippen LogP contribution is 2.17. The maximum atomic E-state index is 12.9. The van der Waals surface area contributed by atoms with Gasteiger partial charge in [-0.2, -0.15) is 0 Å². The van der Waals surface area contributed by atoms with E-state index in [0.717, 1.165) is 18.8 Å². The van der Waals surface area contributed by atoms with Crippen LogP contribution in [0.1, 0.15) is 0 Å². The summed E-state index contributed by atoms with van der Waals surface area (Å²) in [4.78, 5) is 2.11. The van der Waals surface area contributed by atoms with Crippen molar-refractivity contribution >= 4 is 5.69 Å². The van der Waals surface area contributed by atoms with E-state index in [9.17, 15) is 4.39 Å². The summed E-state index contributed by atoms with van der Waals surface area (Å²) in [5, 5.41) is 3.19. The number of anilines is 1. The Bertz CT molecular complexity index is 297. The van der Waals surface area contributed by atoms with Gasteiger partial charge in [0.15, 0.2) is 0 Å². The minimum absolute atomic E-state index is 0.170. The molecule has 3 heteroatoms. The summed E-state index contributed by atoms with van der Waals surface area (Å²) in [6.07, 6.45) is 0. The number of nitrogens with zero attached hydrogens (tertiary/aromatic N) is 1. The van der Waals surface area contributed by atoms with Crippen LogP contribution in [-0.2, 0) is 0 Å². The molecule has 1 aliphatic rings. The molecule has 1 aromatic carbocycles. The zero-order chi connectivity index (χ0) is 9.26. The van der Waals surface area contributed by atoms with Crippen molar-refractivity contribution < 1.29 is 4.39 Å². The lowest BCUT2D eigenvalue weighted by Crippen LogP contribution is -2.56. The van der Waals surface area contributed by atoms with Gasteiger partial charge in [0.25, 0.3) is 0 Å². The third-order valence-corrected chi connectivity index (χ3v) is 2.52. The summed E-state index contributed by atoms with van der Waals surface area (Å²) in [6, 6.07) is 7.23. The number of hydrogen-bond donors (Lipinski definition) is 1. The van der Waals surface area contributed by atoms with Gasteiger partial charge in [0, 0.05) is 25.8 Å². The SMILES string of the molecule is CN(c1cccc(F)c1)C1CNC1. The molecule has 0 radical (unpaired) electrons. The summed E-state index contributed by atoms with van der Waals surface area (Å²) < 4.78 is 12.9. The first-order valence-electron chi connectivity index (χ1n) is 4.46. The van der Waals surface area contributed by atoms with Crippen molar-refractivity contribution in [2.45, 2.75) is 6.04 Å². The fraction of sp³-hybridized carbons (Fsp3) is 0.400. The summed E-state index contributed by atoms with van der Waals surface area (Å²) in [6.45, 7) is 1.99. The second-order valence-electron chi connectivity index (χ2n) is 3.40. The van der Waals surface area contributed by atoms with Crippen LogP contribution >= 0.6 is 0 Å². The molecule has 0 amide bonds. The largest absolute Gasteiger partial charge is 0.369 e. The fourth-order valence-electron chi connectivity index (χ4n) is 1.45. The molecule has 1 fully saturated rings. The Morgan fingerprint density at radius 2 is 2.23 bits per heavy atom. The van der Waals surface area contributed by atoms with Gasteiger partial charge in [-0.15, -0.1) is 0 Å². The van der Waals surface area contributed by atoms with Gasteiger partial charge in [-0.3, -0.25) is 0 Å². The van der Waals surface area contributed by atoms with Crippen molar-refractivity contribution in [3.63, 3.8) is 0 Å². The smallest absolute Gasteiger partial charge is 0.125 e. The van der Waals surface area contributed by atoms with Gasteiger partial charge < -0.3 is 10.2 Å². The Kier molecular flexibility index (Phi) is 2.19. The predicted molar refractivity (Wildman–Crippen MR) is 51.5 cm³/mol. The van der Waals surface area contributed by atoms with E-state index in [0.29, 0.717) is 6.04 Å². The van der Waals surface area contributed by atoms with E-state index in [2.05, 4.69) is 10.2 Å². The van der Waals surface area contributed by atoms with E-state index in [-0.39, 0.29) is 5.82 Å². The zero-order valence-electron chi connectivity index (χ0n) is 7.63. The summed E-state index contributed by atoms with van der Waals surface area (Å²) in [5.41, 5.74) is 0.950. The van der Waals surface area contributed by atoms with Crippen molar-refractivity contribution in [3.8, 4) is 0 Å². The fourth-order valence-corrected chi connectivity index (χ4v) is 1.45. The van der Waals surface area contributed by atoms with Gasteiger partial charge in [0.2, 0.25) is 0 Å². The molecule has 1 aromatic rings. The minimum Gasteiger partial charge on any atom is -0.369 e. The van der Waals surface area contributed by atoms with Gasteiger partial charge in [-0.25, -0.2) is 4.39 Å². The molecule has 0 aromatic heterocycles. The van der Waals surface area contributed by atoms with Crippen LogP contribution in [0.15, 0.2) is 24.3 Å². The van der Waals surface area contributed by atoms with Gasteiger partial charge in [0.05, 0.1) is 6.04 Å². The molecule has 0 atom stereocenters. The molecule has 2 nitrogen and oxygen atoms in total. The Morgan fingerprint density at radius 1 is 1.46 bits per heavy atom. The highest BCUT2D eigenvalue weighted by molar-refractivity contribution is 5.47. The monoisotopic (exact) mass is 180 g/mol. The Morgan fingerprint density at radius 3 is 2.77 bits per heavy atom. The average Bonchev–Trinajstić information content (AvgIpc) is 2.01. The number of rotatable bonds is 2. The summed E-state index contributed by atoms with van der Waals surface area (Å²) in [7, 11) is 2.00. The van der Waals surface area contributed by atoms with Crippen molar-refractivity contribution in [2.75, 3.05) is 25.0 Å². The standard InChI is InChI=1S/C10H13FN2/c1-13(10-6-12-7-10)9-4-2-3-8(11)5-9/h2-5,10,12H,6-7H2,1H3. The van der Waals surface area contributed by atoms with E-state index in [1.54, 1.807) is 12.1 Å². The van der Waals surface area contributed by atoms with Gasteiger partial charge in [0.1, 0.15) is 5.82 Å². The molecule has 0 unspecified atom stereocenters. The normalized spacial score (nSPS) is 16.8. The molecule has 1 saturated heterocycles. The van der Waals surface area contributed by atoms with Crippen molar-refractivity contribution in [3.05, 3.63) is 30.1 Å². The van der Waals surface area contributed by atoms with Crippen molar-refractivity contribution in [2.24, 2.45) is 0 Å². The van der Waals surface area contributed by atoms with Crippen LogP contribution in [-0.4, -0.2) is 26.2 Å². The first-order chi connectivity index (χ1) is 6.27. The molecule has 1 heterocycles. The molecule has 0 saturated carbocycles.